The maximum Gasteiger partial charge on any atom is 0.219 e. The third kappa shape index (κ3) is 4.29. The molecule has 2 heterocycles. The third-order valence-corrected chi connectivity index (χ3v) is 9.08. The van der Waals surface area contributed by atoms with Crippen molar-refractivity contribution in [3.63, 3.8) is 0 Å². The van der Waals surface area contributed by atoms with Crippen molar-refractivity contribution in [2.24, 2.45) is 10.8 Å². The van der Waals surface area contributed by atoms with Gasteiger partial charge in [0.05, 0.1) is 25.9 Å². The number of allylic oxidation sites excluding steroid dienone is 3. The molecule has 1 aromatic carbocycles. The Bertz CT molecular complexity index is 1020. The van der Waals surface area contributed by atoms with Crippen molar-refractivity contribution in [3.05, 3.63) is 46.7 Å². The summed E-state index contributed by atoms with van der Waals surface area (Å²) >= 11 is 0. The highest BCUT2D eigenvalue weighted by molar-refractivity contribution is 5.47. The maximum absolute atomic E-state index is 6.88. The zero-order chi connectivity index (χ0) is 25.6. The van der Waals surface area contributed by atoms with Crippen LogP contribution in [0.2, 0.25) is 0 Å². The topological polar surface area (TPSA) is 46.2 Å². The predicted octanol–water partition coefficient (Wildman–Crippen LogP) is 6.91. The molecule has 194 valence electrons. The minimum Gasteiger partial charge on any atom is -0.497 e. The van der Waals surface area contributed by atoms with Gasteiger partial charge in [-0.25, -0.2) is 0 Å². The number of hydrogen-bond donors (Lipinski definition) is 0. The summed E-state index contributed by atoms with van der Waals surface area (Å²) in [5.41, 5.74) is 3.02. The van der Waals surface area contributed by atoms with Gasteiger partial charge in [-0.2, -0.15) is 0 Å². The fraction of sp³-hybridized carbons (Fsp3) is 0.667. The lowest BCUT2D eigenvalue weighted by Crippen LogP contribution is -2.57. The van der Waals surface area contributed by atoms with Crippen LogP contribution in [-0.2, 0) is 20.6 Å². The molecule has 3 aliphatic rings. The van der Waals surface area contributed by atoms with Gasteiger partial charge in [0.2, 0.25) is 5.79 Å². The second-order valence-corrected chi connectivity index (χ2v) is 11.8. The van der Waals surface area contributed by atoms with Crippen LogP contribution < -0.4 is 9.47 Å². The molecule has 2 aliphatic heterocycles. The van der Waals surface area contributed by atoms with Crippen molar-refractivity contribution in [1.29, 1.82) is 0 Å². The molecule has 0 radical (unpaired) electrons. The number of aryl methyl sites for hydroxylation is 1. The summed E-state index contributed by atoms with van der Waals surface area (Å²) in [6.07, 6.45) is 10.4. The van der Waals surface area contributed by atoms with Gasteiger partial charge < -0.3 is 23.7 Å². The zero-order valence-corrected chi connectivity index (χ0v) is 23.2. The SMILES string of the molecule is COc1cc(C)c(OC)c(CC=C(C)CC2=CC3(C)CCCC3(C)C3(CC(OC)C(C)(C)O3)O2)c1. The zero-order valence-electron chi connectivity index (χ0n) is 23.2. The average molecular weight is 485 g/mol. The molecule has 1 saturated heterocycles. The Morgan fingerprint density at radius 3 is 2.46 bits per heavy atom. The fourth-order valence-corrected chi connectivity index (χ4v) is 6.82. The molecule has 5 heteroatoms. The van der Waals surface area contributed by atoms with E-state index in [9.17, 15) is 0 Å². The normalized spacial score (nSPS) is 33.9. The smallest absolute Gasteiger partial charge is 0.219 e. The van der Waals surface area contributed by atoms with Crippen molar-refractivity contribution >= 4 is 0 Å². The molecule has 35 heavy (non-hydrogen) atoms. The molecule has 0 aromatic heterocycles. The van der Waals surface area contributed by atoms with Gasteiger partial charge in [0.15, 0.2) is 0 Å². The second-order valence-electron chi connectivity index (χ2n) is 11.8. The van der Waals surface area contributed by atoms with Crippen molar-refractivity contribution < 1.29 is 23.7 Å². The van der Waals surface area contributed by atoms with E-state index in [0.29, 0.717) is 0 Å². The second kappa shape index (κ2) is 9.15. The molecule has 0 bridgehead atoms. The Kier molecular flexibility index (Phi) is 6.82. The number of rotatable bonds is 7. The number of hydrogen-bond acceptors (Lipinski definition) is 5. The van der Waals surface area contributed by atoms with Crippen molar-refractivity contribution in [1.82, 2.24) is 0 Å². The predicted molar refractivity (Wildman–Crippen MR) is 139 cm³/mol. The summed E-state index contributed by atoms with van der Waals surface area (Å²) in [5, 5.41) is 0. The van der Waals surface area contributed by atoms with Crippen LogP contribution >= 0.6 is 0 Å². The Hall–Kier alpha value is -1.98. The molecule has 4 atom stereocenters. The molecule has 1 aromatic rings. The molecular weight excluding hydrogens is 440 g/mol. The van der Waals surface area contributed by atoms with E-state index in [2.05, 4.69) is 59.8 Å². The van der Waals surface area contributed by atoms with Gasteiger partial charge in [-0.05, 0) is 70.7 Å². The summed E-state index contributed by atoms with van der Waals surface area (Å²) in [5.74, 6) is 2.12. The molecule has 0 amide bonds. The molecule has 5 nitrogen and oxygen atoms in total. The average Bonchev–Trinajstić information content (AvgIpc) is 3.24. The first kappa shape index (κ1) is 26.1. The van der Waals surface area contributed by atoms with Gasteiger partial charge >= 0.3 is 0 Å². The van der Waals surface area contributed by atoms with Crippen LogP contribution in [0.3, 0.4) is 0 Å². The summed E-state index contributed by atoms with van der Waals surface area (Å²) < 4.78 is 30.8. The molecule has 1 saturated carbocycles. The lowest BCUT2D eigenvalue weighted by atomic mass is 9.60. The number of methoxy groups -OCH3 is 3. The summed E-state index contributed by atoms with van der Waals surface area (Å²) in [4.78, 5) is 0. The lowest BCUT2D eigenvalue weighted by molar-refractivity contribution is -0.309. The molecule has 2 fully saturated rings. The van der Waals surface area contributed by atoms with E-state index in [1.54, 1.807) is 21.3 Å². The first-order chi connectivity index (χ1) is 16.4. The molecule has 4 rings (SSSR count). The van der Waals surface area contributed by atoms with E-state index >= 15 is 0 Å². The van der Waals surface area contributed by atoms with Crippen LogP contribution in [0.15, 0.2) is 35.6 Å². The van der Waals surface area contributed by atoms with Crippen LogP contribution in [0.1, 0.15) is 77.8 Å². The number of ether oxygens (including phenoxy) is 5. The van der Waals surface area contributed by atoms with Gasteiger partial charge in [0, 0.05) is 36.3 Å². The number of fused-ring (bicyclic) bond motifs is 2. The van der Waals surface area contributed by atoms with Crippen molar-refractivity contribution in [2.75, 3.05) is 21.3 Å². The monoisotopic (exact) mass is 484 g/mol. The van der Waals surface area contributed by atoms with Crippen LogP contribution in [0, 0.1) is 17.8 Å². The van der Waals surface area contributed by atoms with Crippen LogP contribution in [0.25, 0.3) is 0 Å². The molecule has 1 spiro atoms. The van der Waals surface area contributed by atoms with Gasteiger partial charge in [-0.15, -0.1) is 0 Å². The fourth-order valence-electron chi connectivity index (χ4n) is 6.82. The lowest BCUT2D eigenvalue weighted by Gasteiger charge is -2.54. The Morgan fingerprint density at radius 1 is 1.09 bits per heavy atom. The van der Waals surface area contributed by atoms with Gasteiger partial charge in [0.1, 0.15) is 17.3 Å². The summed E-state index contributed by atoms with van der Waals surface area (Å²) in [6, 6.07) is 4.07. The van der Waals surface area contributed by atoms with Crippen molar-refractivity contribution in [3.8, 4) is 11.5 Å². The van der Waals surface area contributed by atoms with E-state index in [1.165, 1.54) is 12.0 Å². The summed E-state index contributed by atoms with van der Waals surface area (Å²) in [7, 11) is 5.21. The van der Waals surface area contributed by atoms with E-state index in [4.69, 9.17) is 23.7 Å². The first-order valence-corrected chi connectivity index (χ1v) is 12.9. The minimum atomic E-state index is -0.667. The highest BCUT2D eigenvalue weighted by Crippen LogP contribution is 2.67. The Balaban J connectivity index is 1.61. The van der Waals surface area contributed by atoms with Gasteiger partial charge in [-0.1, -0.05) is 31.9 Å². The van der Waals surface area contributed by atoms with Crippen molar-refractivity contribution in [2.45, 2.75) is 97.6 Å². The quantitative estimate of drug-likeness (QED) is 0.393. The van der Waals surface area contributed by atoms with Crippen LogP contribution in [0.4, 0.5) is 0 Å². The Morgan fingerprint density at radius 2 is 1.83 bits per heavy atom. The first-order valence-electron chi connectivity index (χ1n) is 12.9. The van der Waals surface area contributed by atoms with Gasteiger partial charge in [0.25, 0.3) is 0 Å². The molecule has 1 aliphatic carbocycles. The van der Waals surface area contributed by atoms with E-state index < -0.39 is 11.4 Å². The molecular formula is C30H44O5. The number of benzene rings is 1. The van der Waals surface area contributed by atoms with Crippen LogP contribution in [-0.4, -0.2) is 38.8 Å². The van der Waals surface area contributed by atoms with Crippen LogP contribution in [0.5, 0.6) is 11.5 Å². The summed E-state index contributed by atoms with van der Waals surface area (Å²) in [6.45, 7) is 13.2. The van der Waals surface area contributed by atoms with E-state index in [-0.39, 0.29) is 16.9 Å². The highest BCUT2D eigenvalue weighted by Gasteiger charge is 2.70. The molecule has 0 N–H and O–H groups in total. The largest absolute Gasteiger partial charge is 0.497 e. The maximum atomic E-state index is 6.88. The van der Waals surface area contributed by atoms with E-state index in [1.807, 2.05) is 6.07 Å². The standard InChI is InChI=1S/C30H44O5/c1-20(11-12-22-17-23(31-7)16-21(2)26(22)33-9)15-24-18-28(5)13-10-14-29(28,6)30(34-24)19-25(32-8)27(3,4)35-30/h11,16-18,25H,10,12-15,19H2,1-9H3. The molecule has 4 unspecified atom stereocenters. The third-order valence-electron chi connectivity index (χ3n) is 9.08. The minimum absolute atomic E-state index is 0.00364. The van der Waals surface area contributed by atoms with Gasteiger partial charge in [-0.3, -0.25) is 0 Å². The highest BCUT2D eigenvalue weighted by atomic mass is 16.7. The Labute approximate surface area is 211 Å². The van der Waals surface area contributed by atoms with E-state index in [0.717, 1.165) is 60.5 Å².